The number of hydrogen-bond acceptors (Lipinski definition) is 6. The summed E-state index contributed by atoms with van der Waals surface area (Å²) in [6, 6.07) is 13.4. The first-order valence-electron chi connectivity index (χ1n) is 7.26. The zero-order valence-corrected chi connectivity index (χ0v) is 16.3. The Bertz CT molecular complexity index is 958. The van der Waals surface area contributed by atoms with E-state index in [1.165, 1.54) is 12.1 Å². The maximum atomic E-state index is 12.5. The normalized spacial score (nSPS) is 16.0. The Hall–Kier alpha value is -2.36. The highest BCUT2D eigenvalue weighted by Gasteiger charge is 2.32. The molecular weight excluding hydrogens is 438 g/mol. The minimum atomic E-state index is -0.472. The number of nitro benzene ring substituents is 1. The molecule has 0 aliphatic carbocycles. The maximum absolute atomic E-state index is 12.5. The molecule has 1 amide bonds. The Morgan fingerprint density at radius 1 is 1.19 bits per heavy atom. The zero-order chi connectivity index (χ0) is 18.7. The summed E-state index contributed by atoms with van der Waals surface area (Å²) in [4.78, 5) is 23.1. The van der Waals surface area contributed by atoms with Gasteiger partial charge in [0.25, 0.3) is 11.6 Å². The molecule has 0 spiro atoms. The van der Waals surface area contributed by atoms with E-state index >= 15 is 0 Å². The molecule has 0 unspecified atom stereocenters. The van der Waals surface area contributed by atoms with Gasteiger partial charge >= 0.3 is 0 Å². The van der Waals surface area contributed by atoms with Gasteiger partial charge in [0.05, 0.1) is 16.0 Å². The minimum absolute atomic E-state index is 0.00618. The van der Waals surface area contributed by atoms with E-state index in [2.05, 4.69) is 21.0 Å². The highest BCUT2D eigenvalue weighted by atomic mass is 79.9. The monoisotopic (exact) mass is 447 g/mol. The molecule has 1 saturated heterocycles. The lowest BCUT2D eigenvalue weighted by atomic mass is 10.2. The van der Waals surface area contributed by atoms with Crippen molar-refractivity contribution < 1.29 is 9.72 Å². The fraction of sp³-hybridized carbons (Fsp3) is 0. The highest BCUT2D eigenvalue weighted by Crippen LogP contribution is 2.33. The number of nitrogens with zero attached hydrogens (tertiary/aromatic N) is 3. The quantitative estimate of drug-likeness (QED) is 0.225. The number of halogens is 1. The van der Waals surface area contributed by atoms with Crippen LogP contribution < -0.4 is 0 Å². The van der Waals surface area contributed by atoms with E-state index in [-0.39, 0.29) is 11.6 Å². The number of hydrogen-bond donors (Lipinski definition) is 0. The van der Waals surface area contributed by atoms with Crippen molar-refractivity contribution in [1.29, 1.82) is 0 Å². The first-order chi connectivity index (χ1) is 12.4. The molecule has 1 aliphatic rings. The zero-order valence-electron chi connectivity index (χ0n) is 13.0. The predicted molar refractivity (Wildman–Crippen MR) is 110 cm³/mol. The fourth-order valence-electron chi connectivity index (χ4n) is 2.11. The van der Waals surface area contributed by atoms with E-state index in [0.29, 0.717) is 14.8 Å². The van der Waals surface area contributed by atoms with Crippen LogP contribution >= 0.6 is 39.9 Å². The number of nitro groups is 1. The summed E-state index contributed by atoms with van der Waals surface area (Å²) in [7, 11) is 0. The van der Waals surface area contributed by atoms with Crippen molar-refractivity contribution in [1.82, 2.24) is 5.01 Å². The number of thioether (sulfide) groups is 1. The van der Waals surface area contributed by atoms with E-state index in [0.717, 1.165) is 26.8 Å². The molecule has 1 heterocycles. The average molecular weight is 448 g/mol. The third-order valence-corrected chi connectivity index (χ3v) is 5.12. The summed E-state index contributed by atoms with van der Waals surface area (Å²) in [5.41, 5.74) is 1.49. The predicted octanol–water partition coefficient (Wildman–Crippen LogP) is 4.59. The molecule has 0 aromatic heterocycles. The van der Waals surface area contributed by atoms with Crippen LogP contribution in [0.2, 0.25) is 0 Å². The van der Waals surface area contributed by atoms with Crippen LogP contribution in [0.15, 0.2) is 63.0 Å². The van der Waals surface area contributed by atoms with Crippen molar-refractivity contribution in [2.45, 2.75) is 0 Å². The number of non-ortho nitro benzene ring substituents is 1. The molecule has 0 radical (unpaired) electrons. The van der Waals surface area contributed by atoms with Crippen LogP contribution in [0.4, 0.5) is 5.69 Å². The van der Waals surface area contributed by atoms with Gasteiger partial charge in [-0.05, 0) is 53.7 Å². The smallest absolute Gasteiger partial charge is 0.266 e. The molecule has 2 aromatic rings. The molecule has 130 valence electrons. The van der Waals surface area contributed by atoms with Crippen molar-refractivity contribution in [2.24, 2.45) is 5.10 Å². The van der Waals surface area contributed by atoms with E-state index < -0.39 is 4.92 Å². The molecule has 3 rings (SSSR count). The maximum Gasteiger partial charge on any atom is 0.286 e. The molecular formula is C17H10BrN3O3S2. The van der Waals surface area contributed by atoms with Crippen LogP contribution in [0.25, 0.3) is 6.08 Å². The van der Waals surface area contributed by atoms with Gasteiger partial charge in [0.2, 0.25) is 0 Å². The first-order valence-corrected chi connectivity index (χ1v) is 9.28. The highest BCUT2D eigenvalue weighted by molar-refractivity contribution is 9.10. The summed E-state index contributed by atoms with van der Waals surface area (Å²) in [5, 5.41) is 16.0. The van der Waals surface area contributed by atoms with E-state index in [1.807, 2.05) is 24.3 Å². The molecule has 0 bridgehead atoms. The Balaban J connectivity index is 1.78. The van der Waals surface area contributed by atoms with Crippen molar-refractivity contribution >= 4 is 68.1 Å². The summed E-state index contributed by atoms with van der Waals surface area (Å²) < 4.78 is 1.24. The molecule has 0 N–H and O–H groups in total. The largest absolute Gasteiger partial charge is 0.286 e. The first kappa shape index (κ1) is 18.4. The van der Waals surface area contributed by atoms with Gasteiger partial charge in [-0.25, -0.2) is 0 Å². The number of amides is 1. The van der Waals surface area contributed by atoms with Crippen LogP contribution in [0.5, 0.6) is 0 Å². The van der Waals surface area contributed by atoms with Crippen molar-refractivity contribution in [2.75, 3.05) is 0 Å². The molecule has 1 fully saturated rings. The van der Waals surface area contributed by atoms with Gasteiger partial charge in [0.1, 0.15) is 0 Å². The number of carbonyl (C=O) groups excluding carboxylic acids is 1. The summed E-state index contributed by atoms with van der Waals surface area (Å²) in [6.45, 7) is 0. The van der Waals surface area contributed by atoms with Crippen LogP contribution in [-0.4, -0.2) is 26.4 Å². The minimum Gasteiger partial charge on any atom is -0.266 e. The van der Waals surface area contributed by atoms with E-state index in [1.54, 1.807) is 24.4 Å². The van der Waals surface area contributed by atoms with Crippen LogP contribution in [0.1, 0.15) is 11.1 Å². The van der Waals surface area contributed by atoms with Crippen molar-refractivity contribution in [3.8, 4) is 0 Å². The summed E-state index contributed by atoms with van der Waals surface area (Å²) in [6.07, 6.45) is 3.20. The number of thiocarbonyl (C=S) groups is 1. The van der Waals surface area contributed by atoms with Gasteiger partial charge in [-0.1, -0.05) is 39.8 Å². The summed E-state index contributed by atoms with van der Waals surface area (Å²) >= 11 is 9.74. The lowest BCUT2D eigenvalue weighted by Crippen LogP contribution is -2.22. The lowest BCUT2D eigenvalue weighted by Gasteiger charge is -2.06. The summed E-state index contributed by atoms with van der Waals surface area (Å²) in [5.74, 6) is -0.329. The number of carbonyl (C=O) groups is 1. The van der Waals surface area contributed by atoms with Gasteiger partial charge in [-0.3, -0.25) is 14.9 Å². The second-order valence-corrected chi connectivity index (χ2v) is 7.73. The topological polar surface area (TPSA) is 75.8 Å². The van der Waals surface area contributed by atoms with Crippen LogP contribution in [0, 0.1) is 10.1 Å². The van der Waals surface area contributed by atoms with Crippen LogP contribution in [0.3, 0.4) is 0 Å². The molecule has 6 nitrogen and oxygen atoms in total. The third kappa shape index (κ3) is 4.24. The van der Waals surface area contributed by atoms with E-state index in [4.69, 9.17) is 12.2 Å². The second kappa shape index (κ2) is 7.90. The van der Waals surface area contributed by atoms with Gasteiger partial charge in [0, 0.05) is 16.6 Å². The molecule has 2 aromatic carbocycles. The molecule has 0 saturated carbocycles. The van der Waals surface area contributed by atoms with Crippen molar-refractivity contribution in [3.63, 3.8) is 0 Å². The van der Waals surface area contributed by atoms with Crippen molar-refractivity contribution in [3.05, 3.63) is 79.2 Å². The third-order valence-electron chi connectivity index (χ3n) is 3.35. The van der Waals surface area contributed by atoms with Gasteiger partial charge in [-0.15, -0.1) is 0 Å². The number of benzene rings is 2. The standard InChI is InChI=1S/C17H10BrN3O3S2/c18-13-3-1-2-12(8-13)10-19-20-16(22)15(26-17(20)25)9-11-4-6-14(7-5-11)21(23)24/h1-10H. The van der Waals surface area contributed by atoms with E-state index in [9.17, 15) is 14.9 Å². The Morgan fingerprint density at radius 3 is 2.58 bits per heavy atom. The van der Waals surface area contributed by atoms with Gasteiger partial charge < -0.3 is 0 Å². The molecule has 1 aliphatic heterocycles. The van der Waals surface area contributed by atoms with Gasteiger partial charge in [-0.2, -0.15) is 10.1 Å². The lowest BCUT2D eigenvalue weighted by molar-refractivity contribution is -0.384. The molecule has 0 atom stereocenters. The molecule has 26 heavy (non-hydrogen) atoms. The second-order valence-electron chi connectivity index (χ2n) is 5.14. The fourth-order valence-corrected chi connectivity index (χ4v) is 3.70. The Kier molecular flexibility index (Phi) is 5.60. The average Bonchev–Trinajstić information content (AvgIpc) is 2.87. The Morgan fingerprint density at radius 2 is 1.92 bits per heavy atom. The SMILES string of the molecule is O=C1C(=Cc2ccc([N+](=O)[O-])cc2)SC(=S)N1N=Cc1cccc(Br)c1. The number of hydrazone groups is 1. The Labute approximate surface area is 166 Å². The molecule has 9 heteroatoms. The van der Waals surface area contributed by atoms with Crippen LogP contribution in [-0.2, 0) is 4.79 Å². The van der Waals surface area contributed by atoms with Gasteiger partial charge in [0.15, 0.2) is 4.32 Å². The number of rotatable bonds is 4.